The normalized spacial score (nSPS) is 13.6. The van der Waals surface area contributed by atoms with Gasteiger partial charge in [0.2, 0.25) is 0 Å². The molecule has 11 unspecified atom stereocenters. The van der Waals surface area contributed by atoms with E-state index in [0.29, 0.717) is 70.7 Å². The van der Waals surface area contributed by atoms with Crippen molar-refractivity contribution in [3.63, 3.8) is 0 Å². The fourth-order valence-electron chi connectivity index (χ4n) is 14.0. The van der Waals surface area contributed by atoms with Gasteiger partial charge in [-0.05, 0) is 316 Å². The zero-order chi connectivity index (χ0) is 103. The summed E-state index contributed by atoms with van der Waals surface area (Å²) in [5, 5.41) is 8.57. The molecule has 1 saturated carbocycles. The molecule has 12 rings (SSSR count). The van der Waals surface area contributed by atoms with Crippen molar-refractivity contribution in [2.24, 2.45) is 5.92 Å². The number of ketones is 2. The Hall–Kier alpha value is -9.28. The van der Waals surface area contributed by atoms with Gasteiger partial charge in [0.25, 0.3) is 0 Å². The molecule has 0 spiro atoms. The van der Waals surface area contributed by atoms with Gasteiger partial charge < -0.3 is 14.2 Å². The Kier molecular flexibility index (Phi) is 64.4. The summed E-state index contributed by atoms with van der Waals surface area (Å²) in [6.07, 6.45) is 18.2. The number of methoxy groups -OCH3 is 1. The fraction of sp³-hybridized carbons (Fsp3) is 0.437. The predicted octanol–water partition coefficient (Wildman–Crippen LogP) is 39.8. The highest BCUT2D eigenvalue weighted by Gasteiger charge is 2.24. The van der Waals surface area contributed by atoms with Gasteiger partial charge in [0, 0.05) is 31.5 Å². The fourth-order valence-corrected chi connectivity index (χ4v) is 15.8. The predicted molar refractivity (Wildman–Crippen MR) is 604 cm³/mol. The second-order valence-electron chi connectivity index (χ2n) is 36.9. The average molecular weight is 2080 g/mol. The van der Waals surface area contributed by atoms with Crippen LogP contribution in [0.2, 0.25) is 0 Å². The van der Waals surface area contributed by atoms with E-state index in [1.165, 1.54) is 112 Å². The highest BCUT2D eigenvalue weighted by atomic mass is 79.9. The van der Waals surface area contributed by atoms with Gasteiger partial charge in [0.1, 0.15) is 17.2 Å². The molecule has 0 saturated heterocycles. The van der Waals surface area contributed by atoms with E-state index in [0.717, 1.165) is 100 Å². The van der Waals surface area contributed by atoms with Crippen molar-refractivity contribution in [3.8, 4) is 23.3 Å². The molecule has 0 aliphatic heterocycles. The third-order valence-corrected chi connectivity index (χ3v) is 28.4. The van der Waals surface area contributed by atoms with Crippen LogP contribution in [0.1, 0.15) is 428 Å². The molecule has 11 aromatic carbocycles. The average Bonchev–Trinajstić information content (AvgIpc) is 0.879. The number of hydrogen-bond donors (Lipinski definition) is 0. The molecule has 748 valence electrons. The Balaban J connectivity index is 0.000000516. The van der Waals surface area contributed by atoms with E-state index in [1.54, 1.807) is 21.0 Å². The molecular weight excluding hydrogens is 1910 g/mol. The molecule has 0 N–H and O–H groups in total. The van der Waals surface area contributed by atoms with Gasteiger partial charge in [-0.25, -0.2) is 0 Å². The molecule has 0 aromatic heterocycles. The van der Waals surface area contributed by atoms with Gasteiger partial charge in [-0.3, -0.25) is 19.2 Å². The van der Waals surface area contributed by atoms with Gasteiger partial charge in [-0.2, -0.15) is 5.26 Å². The number of nitriles is 1. The molecule has 12 heteroatoms. The summed E-state index contributed by atoms with van der Waals surface area (Å²) in [5.41, 5.74) is 18.5. The minimum Gasteiger partial charge on any atom is -0.497 e. The smallest absolute Gasteiger partial charge is 0.314 e. The first-order chi connectivity index (χ1) is 65.8. The van der Waals surface area contributed by atoms with Gasteiger partial charge in [0.15, 0.2) is 11.6 Å². The molecule has 1 aliphatic rings. The summed E-state index contributed by atoms with van der Waals surface area (Å²) in [6.45, 7) is 55.0. The summed E-state index contributed by atoms with van der Waals surface area (Å²) in [4.78, 5) is 44.6. The Morgan fingerprint density at radius 2 is 0.652 bits per heavy atom. The number of carbonyl (C=O) groups excluding carboxylic acids is 4. The molecule has 1 fully saturated rings. The van der Waals surface area contributed by atoms with E-state index < -0.39 is 0 Å². The van der Waals surface area contributed by atoms with E-state index in [2.05, 4.69) is 346 Å². The third kappa shape index (κ3) is 50.2. The standard InChI is InChI=1S/C17H24O2.C12H16O2.2C12H16O.C11H13N.C11H16O.C11H16.C10H12Br2.C10H13Br.C10H13Cl.C10H14/c1-3-13(2)14-9-11-16(12-10-14)19-17(18)15-7-5-4-6-8-15;1-4-9(2)11-5-7-12(8-6-11)14-10(3)13;1-4-9(2)11-5-7-12(8-6-11)10(3)13;1-4-9(2)11-6-5-7-12(8-11)10(3)13;1-3-9(2)11-6-4-10(8-12)5-7-11;1-4-9(2)10-5-7-11(12-3)8-6-10;1-4-10(3)11-7-5-9(2)6-8-11;1-3-7(2)8-4-9(11)6-10(12)5-8;1-3-8(2)9-4-6-10(11)7-5-9;1-3-10(2,11)9-7-5-4-6-8-9;1-3-9(2)10-7-5-4-6-8-10/h9-13,15H,3-8H2,1-2H3;5-9H,4H2,1-3H3;2*5-9H,4H2,1-3H3;4-7,9H,3H2,1-2H3;5-9H,4H2,1-3H3;5-8,10H,4H2,1-3H3;4-7H,3H2,1-2H3;2*4-8H,3H2,1-2H3;4-9H,3H2,1-2H3. The Morgan fingerprint density at radius 1 is 0.348 bits per heavy atom. The quantitative estimate of drug-likeness (QED) is 0.0206. The lowest BCUT2D eigenvalue weighted by molar-refractivity contribution is -0.140. The van der Waals surface area contributed by atoms with Crippen molar-refractivity contribution in [1.29, 1.82) is 5.26 Å². The topological polar surface area (TPSA) is 120 Å². The number of carbonyl (C=O) groups is 4. The van der Waals surface area contributed by atoms with E-state index in [1.807, 2.05) is 140 Å². The van der Waals surface area contributed by atoms with Crippen molar-refractivity contribution in [3.05, 3.63) is 370 Å². The van der Waals surface area contributed by atoms with E-state index in [4.69, 9.17) is 31.1 Å². The van der Waals surface area contributed by atoms with Crippen LogP contribution in [0.4, 0.5) is 0 Å². The minimum absolute atomic E-state index is 0.0454. The number of benzene rings is 11. The number of alkyl halides is 1. The number of aryl methyl sites for hydroxylation is 1. The van der Waals surface area contributed by atoms with Crippen molar-refractivity contribution < 1.29 is 33.4 Å². The lowest BCUT2D eigenvalue weighted by atomic mass is 9.89. The number of esters is 2. The summed E-state index contributed by atoms with van der Waals surface area (Å²) in [5.74, 6) is 8.52. The van der Waals surface area contributed by atoms with Gasteiger partial charge in [-0.15, -0.1) is 11.6 Å². The molecule has 11 atom stereocenters. The Labute approximate surface area is 867 Å². The van der Waals surface area contributed by atoms with Crippen LogP contribution >= 0.6 is 59.4 Å². The first kappa shape index (κ1) is 125. The Morgan fingerprint density at radius 3 is 0.993 bits per heavy atom. The molecular formula is C126H169Br3ClNO7. The van der Waals surface area contributed by atoms with Crippen LogP contribution in [0, 0.1) is 24.2 Å². The molecule has 1 aliphatic carbocycles. The number of ether oxygens (including phenoxy) is 3. The van der Waals surface area contributed by atoms with Gasteiger partial charge in [-0.1, -0.05) is 406 Å². The van der Waals surface area contributed by atoms with Gasteiger partial charge >= 0.3 is 11.9 Å². The summed E-state index contributed by atoms with van der Waals surface area (Å²) >= 11 is 16.6. The van der Waals surface area contributed by atoms with Gasteiger partial charge in [0.05, 0.1) is 29.5 Å². The maximum Gasteiger partial charge on any atom is 0.314 e. The lowest BCUT2D eigenvalue weighted by Crippen LogP contribution is -2.22. The molecule has 0 radical (unpaired) electrons. The molecule has 0 bridgehead atoms. The van der Waals surface area contributed by atoms with Crippen LogP contribution in [0.15, 0.2) is 286 Å². The molecule has 0 amide bonds. The zero-order valence-corrected chi connectivity index (χ0v) is 94.5. The zero-order valence-electron chi connectivity index (χ0n) is 89.0. The first-order valence-corrected chi connectivity index (χ1v) is 53.6. The van der Waals surface area contributed by atoms with Crippen molar-refractivity contribution in [2.75, 3.05) is 7.11 Å². The summed E-state index contributed by atoms with van der Waals surface area (Å²) in [7, 11) is 1.69. The van der Waals surface area contributed by atoms with Crippen molar-refractivity contribution in [1.82, 2.24) is 0 Å². The van der Waals surface area contributed by atoms with Crippen LogP contribution in [0.25, 0.3) is 0 Å². The van der Waals surface area contributed by atoms with Crippen LogP contribution in [-0.2, 0) is 14.5 Å². The molecule has 138 heavy (non-hydrogen) atoms. The molecule has 11 aromatic rings. The highest BCUT2D eigenvalue weighted by Crippen LogP contribution is 2.34. The van der Waals surface area contributed by atoms with Crippen LogP contribution < -0.4 is 14.2 Å². The Bertz CT molecular complexity index is 5050. The second-order valence-corrected chi connectivity index (χ2v) is 40.5. The number of rotatable bonds is 28. The minimum atomic E-state index is -0.277. The largest absolute Gasteiger partial charge is 0.497 e. The molecule has 0 heterocycles. The third-order valence-electron chi connectivity index (χ3n) is 26.4. The maximum absolute atomic E-state index is 12.0. The summed E-state index contributed by atoms with van der Waals surface area (Å²) in [6, 6.07) is 94.3. The monoisotopic (exact) mass is 2080 g/mol. The molecule has 8 nitrogen and oxygen atoms in total. The number of hydrogen-bond acceptors (Lipinski definition) is 8. The van der Waals surface area contributed by atoms with E-state index in [9.17, 15) is 19.2 Å². The van der Waals surface area contributed by atoms with Crippen LogP contribution in [0.3, 0.4) is 0 Å². The SMILES string of the molecule is CCC(C)(Cl)c1ccccc1.CCC(C)c1cc(Br)cc(Br)c1.CCC(C)c1ccc(Br)cc1.CCC(C)c1ccc(C#N)cc1.CCC(C)c1ccc(C(C)=O)cc1.CCC(C)c1ccc(C)cc1.CCC(C)c1ccc(OC(=O)C2CCCCC2)cc1.CCC(C)c1ccc(OC(C)=O)cc1.CCC(C)c1ccc(OC)cc1.CCC(C)c1cccc(C(C)=O)c1.CCC(C)c1ccccc1. The number of Topliss-reactive ketones (excluding diaryl/α,β-unsaturated/α-hetero) is 2. The second kappa shape index (κ2) is 71.2. The van der Waals surface area contributed by atoms with Crippen molar-refractivity contribution >= 4 is 82.9 Å². The lowest BCUT2D eigenvalue weighted by Gasteiger charge is -2.19. The van der Waals surface area contributed by atoms with Crippen LogP contribution in [-0.4, -0.2) is 30.6 Å². The van der Waals surface area contributed by atoms with E-state index >= 15 is 0 Å². The number of halogens is 4. The maximum atomic E-state index is 12.0. The highest BCUT2D eigenvalue weighted by molar-refractivity contribution is 9.11. The first-order valence-electron chi connectivity index (χ1n) is 50.8. The van der Waals surface area contributed by atoms with E-state index in [-0.39, 0.29) is 34.3 Å². The van der Waals surface area contributed by atoms with Crippen LogP contribution in [0.5, 0.6) is 17.2 Å². The number of nitrogens with zero attached hydrogens (tertiary/aromatic N) is 1. The van der Waals surface area contributed by atoms with Crippen molar-refractivity contribution in [2.45, 2.75) is 347 Å². The summed E-state index contributed by atoms with van der Waals surface area (Å²) < 4.78 is 19.0.